The third-order valence-electron chi connectivity index (χ3n) is 3.36. The SMILES string of the molecule is COc1c(N)nsc1N(C)CC1CCCN1C. The van der Waals surface area contributed by atoms with Crippen molar-refractivity contribution in [3.63, 3.8) is 0 Å². The molecule has 1 aliphatic heterocycles. The van der Waals surface area contributed by atoms with E-state index in [9.17, 15) is 0 Å². The number of likely N-dealkylation sites (tertiary alicyclic amines) is 1. The number of rotatable bonds is 4. The third kappa shape index (κ3) is 2.47. The van der Waals surface area contributed by atoms with E-state index in [0.29, 0.717) is 17.6 Å². The molecule has 0 spiro atoms. The molecular weight excluding hydrogens is 236 g/mol. The Balaban J connectivity index is 2.06. The van der Waals surface area contributed by atoms with Crippen LogP contribution in [0.4, 0.5) is 10.8 Å². The fourth-order valence-corrected chi connectivity index (χ4v) is 3.08. The minimum atomic E-state index is 0.485. The molecule has 0 bridgehead atoms. The molecule has 1 aromatic rings. The zero-order valence-corrected chi connectivity index (χ0v) is 11.5. The van der Waals surface area contributed by atoms with E-state index in [2.05, 4.69) is 28.3 Å². The molecule has 1 fully saturated rings. The van der Waals surface area contributed by atoms with Gasteiger partial charge in [0.2, 0.25) is 0 Å². The molecule has 1 aliphatic rings. The lowest BCUT2D eigenvalue weighted by Crippen LogP contribution is -2.36. The van der Waals surface area contributed by atoms with Crippen LogP contribution in [-0.2, 0) is 0 Å². The van der Waals surface area contributed by atoms with E-state index in [-0.39, 0.29) is 0 Å². The van der Waals surface area contributed by atoms with Gasteiger partial charge in [-0.3, -0.25) is 0 Å². The number of ether oxygens (including phenoxy) is 1. The van der Waals surface area contributed by atoms with Gasteiger partial charge in [-0.25, -0.2) is 0 Å². The summed E-state index contributed by atoms with van der Waals surface area (Å²) in [6, 6.07) is 0.619. The fraction of sp³-hybridized carbons (Fsp3) is 0.727. The van der Waals surface area contributed by atoms with Crippen LogP contribution in [0, 0.1) is 0 Å². The Hall–Kier alpha value is -1.01. The van der Waals surface area contributed by atoms with Gasteiger partial charge in [0.1, 0.15) is 0 Å². The summed E-state index contributed by atoms with van der Waals surface area (Å²) in [7, 11) is 5.89. The van der Waals surface area contributed by atoms with Crippen molar-refractivity contribution < 1.29 is 4.74 Å². The van der Waals surface area contributed by atoms with E-state index < -0.39 is 0 Å². The maximum Gasteiger partial charge on any atom is 0.197 e. The minimum Gasteiger partial charge on any atom is -0.490 e. The summed E-state index contributed by atoms with van der Waals surface area (Å²) < 4.78 is 9.44. The summed E-state index contributed by atoms with van der Waals surface area (Å²) in [6.07, 6.45) is 2.55. The van der Waals surface area contributed by atoms with Crippen molar-refractivity contribution in [2.75, 3.05) is 44.9 Å². The van der Waals surface area contributed by atoms with E-state index in [1.165, 1.54) is 30.9 Å². The summed E-state index contributed by atoms with van der Waals surface area (Å²) in [6.45, 7) is 2.19. The summed E-state index contributed by atoms with van der Waals surface area (Å²) in [5.41, 5.74) is 5.76. The Kier molecular flexibility index (Phi) is 3.73. The highest BCUT2D eigenvalue weighted by atomic mass is 32.1. The van der Waals surface area contributed by atoms with E-state index in [0.717, 1.165) is 11.5 Å². The van der Waals surface area contributed by atoms with Crippen LogP contribution in [-0.4, -0.2) is 49.6 Å². The normalized spacial score (nSPS) is 20.8. The Morgan fingerprint density at radius 3 is 3.00 bits per heavy atom. The van der Waals surface area contributed by atoms with Gasteiger partial charge in [-0.05, 0) is 38.0 Å². The Bertz CT molecular complexity index is 382. The predicted octanol–water partition coefficient (Wildman–Crippen LogP) is 1.26. The van der Waals surface area contributed by atoms with Crippen molar-refractivity contribution in [1.82, 2.24) is 9.27 Å². The highest BCUT2D eigenvalue weighted by Gasteiger charge is 2.24. The lowest BCUT2D eigenvalue weighted by atomic mass is 10.2. The van der Waals surface area contributed by atoms with Gasteiger partial charge in [-0.2, -0.15) is 4.37 Å². The van der Waals surface area contributed by atoms with Gasteiger partial charge in [0.15, 0.2) is 16.6 Å². The van der Waals surface area contributed by atoms with Gasteiger partial charge in [-0.15, -0.1) is 0 Å². The Morgan fingerprint density at radius 1 is 1.65 bits per heavy atom. The minimum absolute atomic E-state index is 0.485. The monoisotopic (exact) mass is 256 g/mol. The zero-order valence-electron chi connectivity index (χ0n) is 10.6. The summed E-state index contributed by atoms with van der Waals surface area (Å²) in [5, 5.41) is 1.02. The zero-order chi connectivity index (χ0) is 12.4. The van der Waals surface area contributed by atoms with Crippen LogP contribution in [0.2, 0.25) is 0 Å². The maximum absolute atomic E-state index is 5.76. The first-order valence-electron chi connectivity index (χ1n) is 5.84. The van der Waals surface area contributed by atoms with E-state index in [1.807, 2.05) is 0 Å². The molecule has 0 aromatic carbocycles. The van der Waals surface area contributed by atoms with Crippen LogP contribution in [0.25, 0.3) is 0 Å². The molecule has 2 heterocycles. The van der Waals surface area contributed by atoms with Crippen LogP contribution in [0.1, 0.15) is 12.8 Å². The molecule has 2 N–H and O–H groups in total. The lowest BCUT2D eigenvalue weighted by Gasteiger charge is -2.26. The molecule has 0 radical (unpaired) electrons. The fourth-order valence-electron chi connectivity index (χ4n) is 2.33. The van der Waals surface area contributed by atoms with E-state index in [4.69, 9.17) is 10.5 Å². The summed E-state index contributed by atoms with van der Waals surface area (Å²) >= 11 is 1.40. The molecule has 0 aliphatic carbocycles. The second kappa shape index (κ2) is 5.10. The molecule has 0 saturated carbocycles. The molecule has 6 heteroatoms. The van der Waals surface area contributed by atoms with Gasteiger partial charge in [0.25, 0.3) is 0 Å². The Labute approximate surface area is 106 Å². The van der Waals surface area contributed by atoms with Crippen LogP contribution < -0.4 is 15.4 Å². The van der Waals surface area contributed by atoms with Gasteiger partial charge in [-0.1, -0.05) is 0 Å². The van der Waals surface area contributed by atoms with Crippen molar-refractivity contribution in [2.45, 2.75) is 18.9 Å². The average Bonchev–Trinajstić information content (AvgIpc) is 2.86. The van der Waals surface area contributed by atoms with E-state index in [1.54, 1.807) is 7.11 Å². The molecule has 2 rings (SSSR count). The Morgan fingerprint density at radius 2 is 2.41 bits per heavy atom. The first-order chi connectivity index (χ1) is 8.13. The predicted molar refractivity (Wildman–Crippen MR) is 72.0 cm³/mol. The first kappa shape index (κ1) is 12.4. The van der Waals surface area contributed by atoms with Gasteiger partial charge in [0.05, 0.1) is 7.11 Å². The van der Waals surface area contributed by atoms with Gasteiger partial charge >= 0.3 is 0 Å². The molecule has 1 saturated heterocycles. The largest absolute Gasteiger partial charge is 0.490 e. The van der Waals surface area contributed by atoms with Crippen LogP contribution >= 0.6 is 11.5 Å². The number of nitrogens with two attached hydrogens (primary N) is 1. The number of nitrogens with zero attached hydrogens (tertiary/aromatic N) is 3. The summed E-state index contributed by atoms with van der Waals surface area (Å²) in [4.78, 5) is 4.60. The van der Waals surface area contributed by atoms with Crippen LogP contribution in [0.3, 0.4) is 0 Å². The van der Waals surface area contributed by atoms with Crippen molar-refractivity contribution in [3.8, 4) is 5.75 Å². The number of hydrogen-bond acceptors (Lipinski definition) is 6. The van der Waals surface area contributed by atoms with Gasteiger partial charge < -0.3 is 20.3 Å². The van der Waals surface area contributed by atoms with Gasteiger partial charge in [0, 0.05) is 19.6 Å². The maximum atomic E-state index is 5.76. The highest BCUT2D eigenvalue weighted by Crippen LogP contribution is 2.37. The number of anilines is 2. The average molecular weight is 256 g/mol. The topological polar surface area (TPSA) is 54.6 Å². The van der Waals surface area contributed by atoms with Crippen molar-refractivity contribution >= 4 is 22.4 Å². The van der Waals surface area contributed by atoms with Crippen molar-refractivity contribution in [3.05, 3.63) is 0 Å². The second-order valence-electron chi connectivity index (χ2n) is 4.56. The van der Waals surface area contributed by atoms with Crippen molar-refractivity contribution in [1.29, 1.82) is 0 Å². The van der Waals surface area contributed by atoms with Crippen LogP contribution in [0.15, 0.2) is 0 Å². The van der Waals surface area contributed by atoms with E-state index >= 15 is 0 Å². The molecule has 1 unspecified atom stereocenters. The van der Waals surface area contributed by atoms with Crippen molar-refractivity contribution in [2.24, 2.45) is 0 Å². The smallest absolute Gasteiger partial charge is 0.197 e. The number of methoxy groups -OCH3 is 1. The number of likely N-dealkylation sites (N-methyl/N-ethyl adjacent to an activating group) is 2. The second-order valence-corrected chi connectivity index (χ2v) is 5.32. The summed E-state index contributed by atoms with van der Waals surface area (Å²) in [5.74, 6) is 1.19. The number of nitrogen functional groups attached to an aromatic ring is 1. The molecular formula is C11H20N4OS. The molecule has 5 nitrogen and oxygen atoms in total. The molecule has 17 heavy (non-hydrogen) atoms. The quantitative estimate of drug-likeness (QED) is 0.879. The number of aromatic nitrogens is 1. The molecule has 96 valence electrons. The highest BCUT2D eigenvalue weighted by molar-refractivity contribution is 7.11. The molecule has 1 atom stereocenters. The standard InChI is InChI=1S/C11H20N4OS/c1-14-6-4-5-8(14)7-15(2)11-9(16-3)10(12)13-17-11/h8H,4-7H2,1-3H3,(H2,12,13). The lowest BCUT2D eigenvalue weighted by molar-refractivity contribution is 0.314. The number of hydrogen-bond donors (Lipinski definition) is 1. The first-order valence-corrected chi connectivity index (χ1v) is 6.61. The third-order valence-corrected chi connectivity index (χ3v) is 4.32. The van der Waals surface area contributed by atoms with Crippen LogP contribution in [0.5, 0.6) is 5.75 Å². The molecule has 0 amide bonds. The molecule has 1 aromatic heterocycles.